The molecule has 1 aliphatic heterocycles. The number of ether oxygens (including phenoxy) is 1. The normalized spacial score (nSPS) is 24.6. The lowest BCUT2D eigenvalue weighted by Crippen LogP contribution is -2.40. The number of aliphatic hydroxyl groups is 1. The van der Waals surface area contributed by atoms with Gasteiger partial charge in [0.25, 0.3) is 5.91 Å². The van der Waals surface area contributed by atoms with Crippen LogP contribution < -0.4 is 10.1 Å². The summed E-state index contributed by atoms with van der Waals surface area (Å²) in [7, 11) is 0. The van der Waals surface area contributed by atoms with Crippen LogP contribution in [-0.4, -0.2) is 29.8 Å². The molecule has 112 valence electrons. The molecule has 2 N–H and O–H groups in total. The minimum Gasteiger partial charge on any atom is -0.488 e. The second kappa shape index (κ2) is 6.20. The van der Waals surface area contributed by atoms with E-state index in [-0.39, 0.29) is 18.1 Å². The van der Waals surface area contributed by atoms with E-state index in [0.29, 0.717) is 12.2 Å². The largest absolute Gasteiger partial charge is 0.488 e. The fraction of sp³-hybridized carbons (Fsp3) is 0.438. The highest BCUT2D eigenvalue weighted by molar-refractivity contribution is 9.10. The van der Waals surface area contributed by atoms with Crippen LogP contribution in [0, 0.1) is 0 Å². The topological polar surface area (TPSA) is 58.6 Å². The number of nitrogens with one attached hydrogen (secondary N) is 1. The Labute approximate surface area is 132 Å². The zero-order valence-electron chi connectivity index (χ0n) is 11.6. The Bertz CT molecular complexity index is 577. The minimum atomic E-state index is -0.209. The van der Waals surface area contributed by atoms with Crippen LogP contribution in [0.25, 0.3) is 6.08 Å². The Morgan fingerprint density at radius 1 is 1.29 bits per heavy atom. The highest BCUT2D eigenvalue weighted by Crippen LogP contribution is 2.29. The molecule has 1 aromatic rings. The van der Waals surface area contributed by atoms with Gasteiger partial charge in [-0.15, -0.1) is 0 Å². The van der Waals surface area contributed by atoms with Crippen molar-refractivity contribution < 1.29 is 14.6 Å². The van der Waals surface area contributed by atoms with E-state index in [1.165, 1.54) is 0 Å². The van der Waals surface area contributed by atoms with Crippen LogP contribution in [0.2, 0.25) is 0 Å². The first-order chi connectivity index (χ1) is 10.1. The third-order valence-corrected chi connectivity index (χ3v) is 4.50. The third-order valence-electron chi connectivity index (χ3n) is 4.01. The van der Waals surface area contributed by atoms with E-state index >= 15 is 0 Å². The summed E-state index contributed by atoms with van der Waals surface area (Å²) in [5, 5.41) is 12.5. The molecule has 1 fully saturated rings. The van der Waals surface area contributed by atoms with E-state index < -0.39 is 0 Å². The Kier molecular flexibility index (Phi) is 4.31. The zero-order chi connectivity index (χ0) is 14.8. The molecule has 0 atom stereocenters. The average molecular weight is 352 g/mol. The second-order valence-electron chi connectivity index (χ2n) is 5.62. The van der Waals surface area contributed by atoms with Crippen LogP contribution in [0.3, 0.4) is 0 Å². The van der Waals surface area contributed by atoms with Gasteiger partial charge in [0.1, 0.15) is 12.4 Å². The number of hydrogen-bond acceptors (Lipinski definition) is 3. The lowest BCUT2D eigenvalue weighted by Gasteiger charge is -2.27. The van der Waals surface area contributed by atoms with Gasteiger partial charge in [0.2, 0.25) is 0 Å². The van der Waals surface area contributed by atoms with Crippen molar-refractivity contribution in [2.24, 2.45) is 0 Å². The summed E-state index contributed by atoms with van der Waals surface area (Å²) in [5.74, 6) is 0.734. The van der Waals surface area contributed by atoms with Crippen LogP contribution in [0.5, 0.6) is 5.75 Å². The molecule has 5 heteroatoms. The average Bonchev–Trinajstić information content (AvgIpc) is 2.48. The molecule has 3 rings (SSSR count). The third kappa shape index (κ3) is 3.47. The molecule has 0 bridgehead atoms. The fourth-order valence-corrected chi connectivity index (χ4v) is 3.16. The summed E-state index contributed by atoms with van der Waals surface area (Å²) >= 11 is 3.42. The van der Waals surface area contributed by atoms with Gasteiger partial charge in [0, 0.05) is 16.1 Å². The number of aliphatic hydroxyl groups excluding tert-OH is 1. The van der Waals surface area contributed by atoms with Gasteiger partial charge < -0.3 is 15.2 Å². The van der Waals surface area contributed by atoms with Gasteiger partial charge in [0.05, 0.1) is 11.7 Å². The second-order valence-corrected chi connectivity index (χ2v) is 6.53. The minimum absolute atomic E-state index is 0.0676. The lowest BCUT2D eigenvalue weighted by atomic mass is 9.93. The molecule has 0 aromatic heterocycles. The maximum Gasteiger partial charge on any atom is 0.250 e. The molecule has 1 aliphatic carbocycles. The first-order valence-corrected chi connectivity index (χ1v) is 8.03. The molecule has 1 aromatic carbocycles. The fourth-order valence-electron chi connectivity index (χ4n) is 2.78. The predicted octanol–water partition coefficient (Wildman–Crippen LogP) is 2.64. The first kappa shape index (κ1) is 14.6. The number of carbonyl (C=O) groups is 1. The van der Waals surface area contributed by atoms with Crippen molar-refractivity contribution in [1.29, 1.82) is 0 Å². The van der Waals surface area contributed by atoms with Crippen LogP contribution in [0.15, 0.2) is 28.2 Å². The highest BCUT2D eigenvalue weighted by atomic mass is 79.9. The van der Waals surface area contributed by atoms with Crippen molar-refractivity contribution in [3.05, 3.63) is 33.8 Å². The molecule has 0 saturated heterocycles. The molecule has 1 saturated carbocycles. The summed E-state index contributed by atoms with van der Waals surface area (Å²) in [6.07, 6.45) is 4.87. The number of hydrogen-bond donors (Lipinski definition) is 2. The first-order valence-electron chi connectivity index (χ1n) is 7.23. The molecule has 4 nitrogen and oxygen atoms in total. The van der Waals surface area contributed by atoms with Gasteiger partial charge >= 0.3 is 0 Å². The number of carbonyl (C=O) groups excluding carboxylic acids is 1. The standard InChI is InChI=1S/C16H18BrNO3/c17-12-1-6-15-10(8-12)7-11(9-21-15)16(20)18-13-2-4-14(19)5-3-13/h1,6-8,13-14,19H,2-5,9H2,(H,18,20). The van der Waals surface area contributed by atoms with E-state index in [1.807, 2.05) is 24.3 Å². The maximum absolute atomic E-state index is 12.3. The Hall–Kier alpha value is -1.33. The van der Waals surface area contributed by atoms with E-state index in [9.17, 15) is 9.90 Å². The van der Waals surface area contributed by atoms with Crippen LogP contribution in [0.1, 0.15) is 31.2 Å². The quantitative estimate of drug-likeness (QED) is 0.860. The molecule has 2 aliphatic rings. The molecule has 1 heterocycles. The summed E-state index contributed by atoms with van der Waals surface area (Å²) in [5.41, 5.74) is 1.56. The van der Waals surface area contributed by atoms with Gasteiger partial charge in [-0.1, -0.05) is 15.9 Å². The van der Waals surface area contributed by atoms with Crippen LogP contribution >= 0.6 is 15.9 Å². The van der Waals surface area contributed by atoms with Crippen molar-refractivity contribution in [3.63, 3.8) is 0 Å². The number of amides is 1. The smallest absolute Gasteiger partial charge is 0.250 e. The molecule has 1 amide bonds. The number of rotatable bonds is 2. The number of halogens is 1. The summed E-state index contributed by atoms with van der Waals surface area (Å²) in [6.45, 7) is 0.301. The van der Waals surface area contributed by atoms with E-state index in [4.69, 9.17) is 4.74 Å². The molecular formula is C16H18BrNO3. The highest BCUT2D eigenvalue weighted by Gasteiger charge is 2.23. The van der Waals surface area contributed by atoms with Crippen molar-refractivity contribution in [2.75, 3.05) is 6.61 Å². The monoisotopic (exact) mass is 351 g/mol. The van der Waals surface area contributed by atoms with Crippen LogP contribution in [0.4, 0.5) is 0 Å². The van der Waals surface area contributed by atoms with E-state index in [1.54, 1.807) is 0 Å². The van der Waals surface area contributed by atoms with Gasteiger partial charge in [0.15, 0.2) is 0 Å². The molecule has 0 spiro atoms. The molecule has 0 radical (unpaired) electrons. The predicted molar refractivity (Wildman–Crippen MR) is 84.0 cm³/mol. The van der Waals surface area contributed by atoms with Crippen molar-refractivity contribution >= 4 is 27.9 Å². The Morgan fingerprint density at radius 3 is 2.81 bits per heavy atom. The maximum atomic E-state index is 12.3. The van der Waals surface area contributed by atoms with Crippen molar-refractivity contribution in [1.82, 2.24) is 5.32 Å². The number of benzene rings is 1. The molecule has 0 unspecified atom stereocenters. The Balaban J connectivity index is 1.68. The summed E-state index contributed by atoms with van der Waals surface area (Å²) in [6, 6.07) is 5.92. The number of fused-ring (bicyclic) bond motifs is 1. The van der Waals surface area contributed by atoms with Gasteiger partial charge in [-0.2, -0.15) is 0 Å². The van der Waals surface area contributed by atoms with Crippen molar-refractivity contribution in [3.8, 4) is 5.75 Å². The Morgan fingerprint density at radius 2 is 2.05 bits per heavy atom. The SMILES string of the molecule is O=C(NC1CCC(O)CC1)C1=Cc2cc(Br)ccc2OC1. The molecular weight excluding hydrogens is 334 g/mol. The lowest BCUT2D eigenvalue weighted by molar-refractivity contribution is -0.118. The van der Waals surface area contributed by atoms with Crippen LogP contribution in [-0.2, 0) is 4.79 Å². The summed E-state index contributed by atoms with van der Waals surface area (Å²) in [4.78, 5) is 12.3. The summed E-state index contributed by atoms with van der Waals surface area (Å²) < 4.78 is 6.59. The van der Waals surface area contributed by atoms with Gasteiger partial charge in [-0.05, 0) is 50.0 Å². The molecule has 21 heavy (non-hydrogen) atoms. The van der Waals surface area contributed by atoms with Gasteiger partial charge in [-0.25, -0.2) is 0 Å². The van der Waals surface area contributed by atoms with E-state index in [0.717, 1.165) is 41.5 Å². The van der Waals surface area contributed by atoms with E-state index in [2.05, 4.69) is 21.2 Å². The van der Waals surface area contributed by atoms with Crippen molar-refractivity contribution in [2.45, 2.75) is 37.8 Å². The zero-order valence-corrected chi connectivity index (χ0v) is 13.2. The van der Waals surface area contributed by atoms with Gasteiger partial charge in [-0.3, -0.25) is 4.79 Å².